The Balaban J connectivity index is 1.47. The Labute approximate surface area is 158 Å². The molecule has 0 saturated carbocycles. The van der Waals surface area contributed by atoms with Gasteiger partial charge in [-0.1, -0.05) is 42.5 Å². The summed E-state index contributed by atoms with van der Waals surface area (Å²) in [5.74, 6) is 0.673. The second kappa shape index (κ2) is 7.79. The van der Waals surface area contributed by atoms with Crippen LogP contribution >= 0.6 is 0 Å². The molecule has 1 N–H and O–H groups in total. The Kier molecular flexibility index (Phi) is 4.88. The summed E-state index contributed by atoms with van der Waals surface area (Å²) in [6.45, 7) is 0. The third-order valence-electron chi connectivity index (χ3n) is 4.47. The van der Waals surface area contributed by atoms with Crippen LogP contribution in [-0.2, 0) is 11.2 Å². The van der Waals surface area contributed by atoms with Gasteiger partial charge in [0.05, 0.1) is 12.7 Å². The van der Waals surface area contributed by atoms with Crippen molar-refractivity contribution in [2.24, 2.45) is 0 Å². The van der Waals surface area contributed by atoms with E-state index in [4.69, 9.17) is 4.42 Å². The van der Waals surface area contributed by atoms with Gasteiger partial charge in [-0.05, 0) is 47.5 Å². The van der Waals surface area contributed by atoms with Gasteiger partial charge in [0.15, 0.2) is 0 Å². The number of amides is 1. The van der Waals surface area contributed by atoms with Gasteiger partial charge in [0.25, 0.3) is 0 Å². The summed E-state index contributed by atoms with van der Waals surface area (Å²) in [6.07, 6.45) is 5.93. The van der Waals surface area contributed by atoms with Crippen molar-refractivity contribution in [3.05, 3.63) is 114 Å². The zero-order chi connectivity index (χ0) is 18.5. The number of aromatic nitrogens is 1. The lowest BCUT2D eigenvalue weighted by Gasteiger charge is -2.17. The zero-order valence-corrected chi connectivity index (χ0v) is 14.8. The van der Waals surface area contributed by atoms with Crippen LogP contribution in [0.4, 0.5) is 0 Å². The molecule has 1 unspecified atom stereocenters. The number of benzene rings is 2. The molecule has 4 heteroatoms. The molecule has 27 heavy (non-hydrogen) atoms. The number of rotatable bonds is 6. The normalized spacial score (nSPS) is 11.9. The molecular weight excluding hydrogens is 336 g/mol. The summed E-state index contributed by atoms with van der Waals surface area (Å²) in [6, 6.07) is 25.2. The van der Waals surface area contributed by atoms with E-state index in [1.165, 1.54) is 0 Å². The van der Waals surface area contributed by atoms with Gasteiger partial charge < -0.3 is 14.3 Å². The third-order valence-corrected chi connectivity index (χ3v) is 4.47. The number of carbonyl (C=O) groups excluding carboxylic acids is 1. The monoisotopic (exact) mass is 356 g/mol. The molecule has 4 rings (SSSR count). The fourth-order valence-corrected chi connectivity index (χ4v) is 3.11. The predicted molar refractivity (Wildman–Crippen MR) is 105 cm³/mol. The Morgan fingerprint density at radius 2 is 1.63 bits per heavy atom. The number of hydrogen-bond donors (Lipinski definition) is 1. The molecule has 0 spiro atoms. The van der Waals surface area contributed by atoms with Crippen LogP contribution in [0.5, 0.6) is 0 Å². The van der Waals surface area contributed by atoms with E-state index in [1.807, 2.05) is 95.8 Å². The first-order valence-corrected chi connectivity index (χ1v) is 8.89. The summed E-state index contributed by atoms with van der Waals surface area (Å²) in [5.41, 5.74) is 3.03. The summed E-state index contributed by atoms with van der Waals surface area (Å²) in [5, 5.41) is 3.09. The van der Waals surface area contributed by atoms with Crippen LogP contribution in [0, 0.1) is 0 Å². The van der Waals surface area contributed by atoms with Gasteiger partial charge in [0.1, 0.15) is 11.8 Å². The van der Waals surface area contributed by atoms with Crippen molar-refractivity contribution in [2.75, 3.05) is 0 Å². The van der Waals surface area contributed by atoms with Crippen molar-refractivity contribution < 1.29 is 9.21 Å². The molecule has 0 aliphatic heterocycles. The Morgan fingerprint density at radius 1 is 0.889 bits per heavy atom. The van der Waals surface area contributed by atoms with Crippen molar-refractivity contribution in [2.45, 2.75) is 12.5 Å². The molecule has 4 aromatic rings. The molecule has 2 aromatic heterocycles. The lowest BCUT2D eigenvalue weighted by molar-refractivity contribution is -0.121. The lowest BCUT2D eigenvalue weighted by atomic mass is 10.0. The number of furan rings is 1. The smallest absolute Gasteiger partial charge is 0.225 e. The SMILES string of the molecule is O=C(Cc1ccc(-n2cccc2)cc1)NC(c1ccccc1)c1ccco1. The summed E-state index contributed by atoms with van der Waals surface area (Å²) >= 11 is 0. The first-order valence-electron chi connectivity index (χ1n) is 8.89. The Morgan fingerprint density at radius 3 is 2.30 bits per heavy atom. The molecule has 2 aromatic carbocycles. The van der Waals surface area contributed by atoms with E-state index in [0.717, 1.165) is 22.6 Å². The quantitative estimate of drug-likeness (QED) is 0.552. The number of nitrogens with zero attached hydrogens (tertiary/aromatic N) is 1. The Hall–Kier alpha value is -3.53. The summed E-state index contributed by atoms with van der Waals surface area (Å²) < 4.78 is 7.57. The number of hydrogen-bond acceptors (Lipinski definition) is 2. The van der Waals surface area contributed by atoms with Gasteiger partial charge in [-0.3, -0.25) is 4.79 Å². The highest BCUT2D eigenvalue weighted by Gasteiger charge is 2.19. The number of carbonyl (C=O) groups is 1. The standard InChI is InChI=1S/C23H20N2O2/c26-22(17-18-10-12-20(13-11-18)25-14-4-5-15-25)24-23(21-9-6-16-27-21)19-7-2-1-3-8-19/h1-16,23H,17H2,(H,24,26). The van der Waals surface area contributed by atoms with Crippen LogP contribution < -0.4 is 5.32 Å². The fraction of sp³-hybridized carbons (Fsp3) is 0.0870. The maximum atomic E-state index is 12.6. The minimum atomic E-state index is -0.298. The van der Waals surface area contributed by atoms with Gasteiger partial charge in [-0.25, -0.2) is 0 Å². The van der Waals surface area contributed by atoms with E-state index in [1.54, 1.807) is 6.26 Å². The van der Waals surface area contributed by atoms with Crippen LogP contribution in [0.1, 0.15) is 22.9 Å². The fourth-order valence-electron chi connectivity index (χ4n) is 3.11. The molecule has 134 valence electrons. The minimum Gasteiger partial charge on any atom is -0.467 e. The first kappa shape index (κ1) is 16.9. The molecule has 0 bridgehead atoms. The van der Waals surface area contributed by atoms with E-state index in [0.29, 0.717) is 6.42 Å². The van der Waals surface area contributed by atoms with E-state index < -0.39 is 0 Å². The molecule has 0 fully saturated rings. The van der Waals surface area contributed by atoms with E-state index in [9.17, 15) is 4.79 Å². The van der Waals surface area contributed by atoms with Crippen molar-refractivity contribution >= 4 is 5.91 Å². The topological polar surface area (TPSA) is 47.2 Å². The summed E-state index contributed by atoms with van der Waals surface area (Å²) in [7, 11) is 0. The van der Waals surface area contributed by atoms with Gasteiger partial charge in [0, 0.05) is 18.1 Å². The van der Waals surface area contributed by atoms with Crippen LogP contribution in [0.15, 0.2) is 102 Å². The molecule has 0 radical (unpaired) electrons. The van der Waals surface area contributed by atoms with E-state index in [2.05, 4.69) is 5.32 Å². The molecule has 2 heterocycles. The molecule has 1 atom stereocenters. The highest BCUT2D eigenvalue weighted by atomic mass is 16.3. The minimum absolute atomic E-state index is 0.0473. The van der Waals surface area contributed by atoms with E-state index >= 15 is 0 Å². The van der Waals surface area contributed by atoms with Crippen molar-refractivity contribution in [3.8, 4) is 5.69 Å². The van der Waals surface area contributed by atoms with Gasteiger partial charge in [0.2, 0.25) is 5.91 Å². The molecule has 0 aliphatic carbocycles. The van der Waals surface area contributed by atoms with Crippen molar-refractivity contribution in [1.82, 2.24) is 9.88 Å². The first-order chi connectivity index (χ1) is 13.3. The van der Waals surface area contributed by atoms with Crippen LogP contribution in [0.25, 0.3) is 5.69 Å². The summed E-state index contributed by atoms with van der Waals surface area (Å²) in [4.78, 5) is 12.6. The zero-order valence-electron chi connectivity index (χ0n) is 14.8. The average Bonchev–Trinajstić information content (AvgIpc) is 3.41. The maximum Gasteiger partial charge on any atom is 0.225 e. The van der Waals surface area contributed by atoms with Crippen molar-refractivity contribution in [1.29, 1.82) is 0 Å². The molecule has 1 amide bonds. The molecule has 4 nitrogen and oxygen atoms in total. The maximum absolute atomic E-state index is 12.6. The second-order valence-electron chi connectivity index (χ2n) is 6.36. The van der Waals surface area contributed by atoms with Gasteiger partial charge >= 0.3 is 0 Å². The van der Waals surface area contributed by atoms with E-state index in [-0.39, 0.29) is 11.9 Å². The van der Waals surface area contributed by atoms with Crippen LogP contribution in [0.3, 0.4) is 0 Å². The lowest BCUT2D eigenvalue weighted by Crippen LogP contribution is -2.30. The molecule has 0 aliphatic rings. The molecule has 0 saturated heterocycles. The van der Waals surface area contributed by atoms with Gasteiger partial charge in [-0.15, -0.1) is 0 Å². The second-order valence-corrected chi connectivity index (χ2v) is 6.36. The average molecular weight is 356 g/mol. The largest absolute Gasteiger partial charge is 0.467 e. The Bertz CT molecular complexity index is 973. The third kappa shape index (κ3) is 4.01. The van der Waals surface area contributed by atoms with Gasteiger partial charge in [-0.2, -0.15) is 0 Å². The number of nitrogens with one attached hydrogen (secondary N) is 1. The predicted octanol–water partition coefficient (Wildman–Crippen LogP) is 4.52. The molecular formula is C23H20N2O2. The van der Waals surface area contributed by atoms with Crippen LogP contribution in [0.2, 0.25) is 0 Å². The highest BCUT2D eigenvalue weighted by molar-refractivity contribution is 5.79. The van der Waals surface area contributed by atoms with Crippen molar-refractivity contribution in [3.63, 3.8) is 0 Å². The highest BCUT2D eigenvalue weighted by Crippen LogP contribution is 2.22. The van der Waals surface area contributed by atoms with Crippen LogP contribution in [-0.4, -0.2) is 10.5 Å².